The molecule has 1 atom stereocenters. The van der Waals surface area contributed by atoms with E-state index in [1.807, 2.05) is 27.7 Å². The maximum Gasteiger partial charge on any atom is 0.407 e. The summed E-state index contributed by atoms with van der Waals surface area (Å²) in [5.74, 6) is -0.369. The first-order chi connectivity index (χ1) is 12.7. The third-order valence-corrected chi connectivity index (χ3v) is 3.29. The number of esters is 1. The van der Waals surface area contributed by atoms with Gasteiger partial charge in [-0.25, -0.2) is 9.59 Å². The van der Waals surface area contributed by atoms with E-state index in [0.717, 1.165) is 26.4 Å². The van der Waals surface area contributed by atoms with Crippen molar-refractivity contribution in [3.63, 3.8) is 0 Å². The van der Waals surface area contributed by atoms with Crippen molar-refractivity contribution in [2.75, 3.05) is 33.0 Å². The number of hydrogen-bond donors (Lipinski definition) is 1. The second-order valence-corrected chi connectivity index (χ2v) is 7.04. The van der Waals surface area contributed by atoms with Crippen LogP contribution < -0.4 is 5.32 Å². The van der Waals surface area contributed by atoms with E-state index in [1.54, 1.807) is 29.8 Å². The summed E-state index contributed by atoms with van der Waals surface area (Å²) < 4.78 is 21.8. The fourth-order valence-electron chi connectivity index (χ4n) is 2.25. The number of carbonyl (C=O) groups is 2. The van der Waals surface area contributed by atoms with Crippen LogP contribution in [-0.4, -0.2) is 61.3 Å². The van der Waals surface area contributed by atoms with E-state index < -0.39 is 11.7 Å². The highest BCUT2D eigenvalue weighted by atomic mass is 16.6. The maximum atomic E-state index is 11.8. The molecule has 0 saturated carbocycles. The molecule has 1 aromatic rings. The molecule has 0 bridgehead atoms. The lowest BCUT2D eigenvalue weighted by Gasteiger charge is -2.22. The molecule has 1 aromatic heterocycles. The summed E-state index contributed by atoms with van der Waals surface area (Å²) in [6.45, 7) is 12.9. The van der Waals surface area contributed by atoms with E-state index in [9.17, 15) is 9.59 Å². The van der Waals surface area contributed by atoms with Crippen molar-refractivity contribution in [2.24, 2.45) is 0 Å². The molecular weight excluding hydrogens is 352 g/mol. The fourth-order valence-corrected chi connectivity index (χ4v) is 2.25. The van der Waals surface area contributed by atoms with Gasteiger partial charge in [0, 0.05) is 18.8 Å². The van der Waals surface area contributed by atoms with Crippen LogP contribution in [0, 0.1) is 0 Å². The zero-order chi connectivity index (χ0) is 20.3. The van der Waals surface area contributed by atoms with Crippen molar-refractivity contribution >= 4 is 12.1 Å². The second kappa shape index (κ2) is 11.6. The van der Waals surface area contributed by atoms with Crippen LogP contribution >= 0.6 is 0 Å². The van der Waals surface area contributed by atoms with E-state index >= 15 is 0 Å². The second-order valence-electron chi connectivity index (χ2n) is 7.04. The molecule has 8 nitrogen and oxygen atoms in total. The predicted molar refractivity (Wildman–Crippen MR) is 101 cm³/mol. The molecule has 1 N–H and O–H groups in total. The summed E-state index contributed by atoms with van der Waals surface area (Å²) in [4.78, 5) is 23.4. The molecule has 2 heterocycles. The Morgan fingerprint density at radius 2 is 1.81 bits per heavy atom. The van der Waals surface area contributed by atoms with Crippen LogP contribution in [-0.2, 0) is 25.5 Å². The van der Waals surface area contributed by atoms with Crippen molar-refractivity contribution in [3.8, 4) is 0 Å². The summed E-state index contributed by atoms with van der Waals surface area (Å²) in [5.41, 5.74) is -0.0671. The van der Waals surface area contributed by atoms with Gasteiger partial charge in [-0.3, -0.25) is 0 Å². The Morgan fingerprint density at radius 3 is 2.30 bits per heavy atom. The Bertz CT molecular complexity index is 563. The van der Waals surface area contributed by atoms with E-state index in [2.05, 4.69) is 5.32 Å². The zero-order valence-corrected chi connectivity index (χ0v) is 16.9. The van der Waals surface area contributed by atoms with Gasteiger partial charge in [-0.2, -0.15) is 0 Å². The van der Waals surface area contributed by atoms with Crippen LogP contribution in [0.3, 0.4) is 0 Å². The highest BCUT2D eigenvalue weighted by Crippen LogP contribution is 2.08. The molecule has 2 rings (SSSR count). The first-order valence-corrected chi connectivity index (χ1v) is 9.20. The Morgan fingerprint density at radius 1 is 1.22 bits per heavy atom. The van der Waals surface area contributed by atoms with Gasteiger partial charge in [-0.15, -0.1) is 0 Å². The van der Waals surface area contributed by atoms with Crippen LogP contribution in [0.4, 0.5) is 4.79 Å². The highest BCUT2D eigenvalue weighted by molar-refractivity contribution is 5.87. The monoisotopic (exact) mass is 384 g/mol. The first kappa shape index (κ1) is 23.0. The van der Waals surface area contributed by atoms with Crippen LogP contribution in [0.2, 0.25) is 0 Å². The number of hydrogen-bond acceptors (Lipinski definition) is 6. The number of nitrogens with one attached hydrogen (secondary N) is 1. The first-order valence-electron chi connectivity index (χ1n) is 9.20. The quantitative estimate of drug-likeness (QED) is 0.785. The average molecular weight is 384 g/mol. The molecule has 1 aliphatic heterocycles. The van der Waals surface area contributed by atoms with Gasteiger partial charge in [-0.1, -0.05) is 0 Å². The number of aromatic nitrogens is 1. The largest absolute Gasteiger partial charge is 0.461 e. The maximum absolute atomic E-state index is 11.8. The topological polar surface area (TPSA) is 88.0 Å². The lowest BCUT2D eigenvalue weighted by atomic mass is 10.2. The molecule has 8 heteroatoms. The smallest absolute Gasteiger partial charge is 0.407 e. The Hall–Kier alpha value is -2.06. The molecule has 0 aliphatic carbocycles. The third kappa shape index (κ3) is 10.0. The Kier molecular flexibility index (Phi) is 9.88. The van der Waals surface area contributed by atoms with E-state index in [1.165, 1.54) is 0 Å². The molecule has 1 saturated heterocycles. The van der Waals surface area contributed by atoms with E-state index in [4.69, 9.17) is 18.9 Å². The average Bonchev–Trinajstić information content (AvgIpc) is 3.03. The van der Waals surface area contributed by atoms with Crippen LogP contribution in [0.1, 0.15) is 45.1 Å². The fraction of sp³-hybridized carbons (Fsp3) is 0.684. The van der Waals surface area contributed by atoms with Gasteiger partial charge in [0.25, 0.3) is 0 Å². The van der Waals surface area contributed by atoms with E-state index in [-0.39, 0.29) is 12.0 Å². The molecule has 0 spiro atoms. The number of carbonyl (C=O) groups excluding carboxylic acids is 2. The summed E-state index contributed by atoms with van der Waals surface area (Å²) >= 11 is 0. The molecule has 1 aliphatic rings. The summed E-state index contributed by atoms with van der Waals surface area (Å²) in [6, 6.07) is 3.28. The number of alkyl carbamates (subject to hydrolysis) is 1. The number of amides is 1. The lowest BCUT2D eigenvalue weighted by Crippen LogP contribution is -2.39. The molecule has 0 aromatic carbocycles. The molecule has 27 heavy (non-hydrogen) atoms. The summed E-state index contributed by atoms with van der Waals surface area (Å²) in [6.07, 6.45) is 1.30. The van der Waals surface area contributed by atoms with Crippen LogP contribution in [0.5, 0.6) is 0 Å². The Labute approximate surface area is 161 Å². The predicted octanol–water partition coefficient (Wildman–Crippen LogP) is 2.61. The molecule has 1 fully saturated rings. The number of nitrogens with zero attached hydrogens (tertiary/aromatic N) is 1. The SMILES string of the molecule is C1COCCO1.CCOC(=O)c1cccn1CC(C)NC(=O)OC(C)(C)C. The van der Waals surface area contributed by atoms with Crippen molar-refractivity contribution < 1.29 is 28.5 Å². The minimum absolute atomic E-state index is 0.180. The van der Waals surface area contributed by atoms with Crippen molar-refractivity contribution in [1.29, 1.82) is 0 Å². The van der Waals surface area contributed by atoms with Crippen molar-refractivity contribution in [3.05, 3.63) is 24.0 Å². The van der Waals surface area contributed by atoms with Gasteiger partial charge in [0.2, 0.25) is 0 Å². The third-order valence-electron chi connectivity index (χ3n) is 3.29. The highest BCUT2D eigenvalue weighted by Gasteiger charge is 2.19. The van der Waals surface area contributed by atoms with Gasteiger partial charge in [0.1, 0.15) is 11.3 Å². The van der Waals surface area contributed by atoms with E-state index in [0.29, 0.717) is 18.8 Å². The standard InChI is InChI=1S/C15H24N2O4.C4H8O2/c1-6-20-13(18)12-8-7-9-17(12)10-11(2)16-14(19)21-15(3,4)5;1-2-6-4-3-5-1/h7-9,11H,6,10H2,1-5H3,(H,16,19);1-4H2. The minimum atomic E-state index is -0.534. The van der Waals surface area contributed by atoms with Gasteiger partial charge < -0.3 is 28.8 Å². The number of ether oxygens (including phenoxy) is 4. The van der Waals surface area contributed by atoms with Gasteiger partial charge in [-0.05, 0) is 46.8 Å². The summed E-state index contributed by atoms with van der Waals surface area (Å²) in [7, 11) is 0. The van der Waals surface area contributed by atoms with Crippen LogP contribution in [0.15, 0.2) is 18.3 Å². The molecule has 154 valence electrons. The Balaban J connectivity index is 0.000000511. The van der Waals surface area contributed by atoms with Gasteiger partial charge >= 0.3 is 12.1 Å². The van der Waals surface area contributed by atoms with Crippen molar-refractivity contribution in [2.45, 2.75) is 52.8 Å². The normalized spacial score (nSPS) is 15.1. The van der Waals surface area contributed by atoms with Crippen molar-refractivity contribution in [1.82, 2.24) is 9.88 Å². The lowest BCUT2D eigenvalue weighted by molar-refractivity contribution is -0.0334. The molecular formula is C19H32N2O6. The number of rotatable bonds is 5. The molecule has 1 amide bonds. The van der Waals surface area contributed by atoms with Gasteiger partial charge in [0.05, 0.1) is 33.0 Å². The molecule has 0 radical (unpaired) electrons. The zero-order valence-electron chi connectivity index (χ0n) is 16.9. The molecule has 1 unspecified atom stereocenters. The summed E-state index contributed by atoms with van der Waals surface area (Å²) in [5, 5.41) is 2.74. The minimum Gasteiger partial charge on any atom is -0.461 e. The van der Waals surface area contributed by atoms with Gasteiger partial charge in [0.15, 0.2) is 0 Å². The van der Waals surface area contributed by atoms with Crippen LogP contribution in [0.25, 0.3) is 0 Å².